The lowest BCUT2D eigenvalue weighted by Crippen LogP contribution is -2.21. The zero-order valence-corrected chi connectivity index (χ0v) is 16.2. The van der Waals surface area contributed by atoms with Crippen molar-refractivity contribution in [2.45, 2.75) is 25.7 Å². The fourth-order valence-corrected chi connectivity index (χ4v) is 3.49. The number of nitrogens with zero attached hydrogens (tertiary/aromatic N) is 2. The molecule has 146 valence electrons. The number of aromatic amines is 1. The molecule has 2 heterocycles. The van der Waals surface area contributed by atoms with Crippen molar-refractivity contribution < 1.29 is 9.47 Å². The first-order valence-corrected chi connectivity index (χ1v) is 9.67. The summed E-state index contributed by atoms with van der Waals surface area (Å²) in [5.41, 5.74) is 9.93. The first-order chi connectivity index (χ1) is 14.2. The lowest BCUT2D eigenvalue weighted by Gasteiger charge is -2.24. The van der Waals surface area contributed by atoms with Gasteiger partial charge in [0, 0.05) is 0 Å². The fourth-order valence-electron chi connectivity index (χ4n) is 3.49. The van der Waals surface area contributed by atoms with Gasteiger partial charge in [0.1, 0.15) is 17.4 Å². The summed E-state index contributed by atoms with van der Waals surface area (Å²) in [6, 6.07) is 19.9. The maximum Gasteiger partial charge on any atom is 0.244 e. The van der Waals surface area contributed by atoms with Crippen molar-refractivity contribution in [1.29, 1.82) is 5.26 Å². The van der Waals surface area contributed by atoms with Crippen LogP contribution in [-0.4, -0.2) is 16.8 Å². The van der Waals surface area contributed by atoms with Crippen LogP contribution in [0.4, 0.5) is 0 Å². The Morgan fingerprint density at radius 3 is 2.62 bits per heavy atom. The van der Waals surface area contributed by atoms with Crippen LogP contribution in [-0.2, 0) is 0 Å². The topological polar surface area (TPSA) is 96.9 Å². The Balaban J connectivity index is 1.76. The normalized spacial score (nSPS) is 15.4. The molecular weight excluding hydrogens is 364 g/mol. The molecule has 1 aromatic heterocycles. The van der Waals surface area contributed by atoms with E-state index >= 15 is 0 Å². The monoisotopic (exact) mass is 386 g/mol. The maximum absolute atomic E-state index is 9.79. The van der Waals surface area contributed by atoms with E-state index < -0.39 is 0 Å². The Labute approximate surface area is 169 Å². The third kappa shape index (κ3) is 3.55. The van der Waals surface area contributed by atoms with Gasteiger partial charge in [-0.2, -0.15) is 5.26 Å². The number of H-pyrrole nitrogens is 1. The summed E-state index contributed by atoms with van der Waals surface area (Å²) in [5.74, 6) is 0.913. The molecule has 0 fully saturated rings. The van der Waals surface area contributed by atoms with Crippen molar-refractivity contribution in [2.24, 2.45) is 5.73 Å². The summed E-state index contributed by atoms with van der Waals surface area (Å²) < 4.78 is 11.4. The molecule has 0 saturated heterocycles. The highest BCUT2D eigenvalue weighted by Crippen LogP contribution is 2.45. The second kappa shape index (κ2) is 8.11. The lowest BCUT2D eigenvalue weighted by atomic mass is 9.83. The number of allylic oxidation sites excluding steroid dienone is 1. The highest BCUT2D eigenvalue weighted by molar-refractivity contribution is 5.70. The number of ether oxygens (including phenoxy) is 2. The summed E-state index contributed by atoms with van der Waals surface area (Å²) in [5, 5.41) is 17.1. The summed E-state index contributed by atoms with van der Waals surface area (Å²) in [6.45, 7) is 2.82. The smallest absolute Gasteiger partial charge is 0.244 e. The molecule has 0 amide bonds. The van der Waals surface area contributed by atoms with E-state index in [0.717, 1.165) is 41.0 Å². The molecule has 6 heteroatoms. The minimum Gasteiger partial charge on any atom is -0.494 e. The van der Waals surface area contributed by atoms with Gasteiger partial charge in [0.05, 0.1) is 23.8 Å². The van der Waals surface area contributed by atoms with Gasteiger partial charge < -0.3 is 15.2 Å². The molecule has 0 saturated carbocycles. The molecule has 1 aliphatic rings. The third-order valence-electron chi connectivity index (χ3n) is 4.98. The van der Waals surface area contributed by atoms with E-state index in [9.17, 15) is 5.26 Å². The number of aromatic nitrogens is 2. The number of benzene rings is 2. The summed E-state index contributed by atoms with van der Waals surface area (Å²) in [4.78, 5) is 0. The third-order valence-corrected chi connectivity index (χ3v) is 4.98. The van der Waals surface area contributed by atoms with Crippen LogP contribution in [0.1, 0.15) is 36.8 Å². The van der Waals surface area contributed by atoms with E-state index in [4.69, 9.17) is 15.2 Å². The summed E-state index contributed by atoms with van der Waals surface area (Å²) in [7, 11) is 0. The number of nitrogens with one attached hydrogen (secondary N) is 1. The first-order valence-electron chi connectivity index (χ1n) is 9.67. The Hall–Kier alpha value is -3.72. The number of unbranched alkanes of at least 4 members (excludes halogenated alkanes) is 1. The van der Waals surface area contributed by atoms with E-state index in [-0.39, 0.29) is 11.8 Å². The first kappa shape index (κ1) is 18.6. The van der Waals surface area contributed by atoms with Crippen LogP contribution in [0, 0.1) is 11.3 Å². The van der Waals surface area contributed by atoms with Gasteiger partial charge in [0.25, 0.3) is 0 Å². The van der Waals surface area contributed by atoms with E-state index in [2.05, 4.69) is 23.2 Å². The van der Waals surface area contributed by atoms with Crippen molar-refractivity contribution in [1.82, 2.24) is 10.2 Å². The number of hydrogen-bond acceptors (Lipinski definition) is 5. The fraction of sp³-hybridized carbons (Fsp3) is 0.217. The van der Waals surface area contributed by atoms with Gasteiger partial charge in [-0.15, -0.1) is 5.10 Å². The van der Waals surface area contributed by atoms with Crippen molar-refractivity contribution in [3.8, 4) is 29.0 Å². The van der Waals surface area contributed by atoms with Gasteiger partial charge in [-0.1, -0.05) is 55.8 Å². The number of hydrogen-bond donors (Lipinski definition) is 2. The highest BCUT2D eigenvalue weighted by atomic mass is 16.5. The van der Waals surface area contributed by atoms with Gasteiger partial charge in [-0.05, 0) is 29.7 Å². The molecular formula is C23H22N4O2. The molecule has 3 aromatic rings. The molecule has 3 N–H and O–H groups in total. The van der Waals surface area contributed by atoms with Crippen LogP contribution in [0.25, 0.3) is 11.3 Å². The summed E-state index contributed by atoms with van der Waals surface area (Å²) in [6.07, 6.45) is 2.10. The van der Waals surface area contributed by atoms with Gasteiger partial charge in [0.2, 0.25) is 11.8 Å². The SMILES string of the molecule is CCCCOc1ccc([C@H]2C(C#N)=C(N)Oc3n[nH]c(-c4ccccc4)c32)cc1. The van der Waals surface area contributed by atoms with E-state index in [1.807, 2.05) is 54.6 Å². The second-order valence-corrected chi connectivity index (χ2v) is 6.88. The summed E-state index contributed by atoms with van der Waals surface area (Å²) >= 11 is 0. The number of fused-ring (bicyclic) bond motifs is 1. The maximum atomic E-state index is 9.79. The molecule has 4 rings (SSSR count). The minimum absolute atomic E-state index is 0.0828. The molecule has 29 heavy (non-hydrogen) atoms. The number of nitriles is 1. The standard InChI is InChI=1S/C23H22N4O2/c1-2-3-13-28-17-11-9-15(10-12-17)19-18(14-24)22(25)29-23-20(19)21(26-27-23)16-7-5-4-6-8-16/h4-12,19H,2-3,13,25H2,1H3,(H,26,27)/t19-/m0/s1. The van der Waals surface area contributed by atoms with Crippen molar-refractivity contribution in [3.05, 3.63) is 77.2 Å². The van der Waals surface area contributed by atoms with Crippen molar-refractivity contribution in [2.75, 3.05) is 6.61 Å². The Morgan fingerprint density at radius 1 is 1.17 bits per heavy atom. The van der Waals surface area contributed by atoms with Gasteiger partial charge >= 0.3 is 0 Å². The average Bonchev–Trinajstić information content (AvgIpc) is 3.17. The van der Waals surface area contributed by atoms with Crippen LogP contribution in [0.3, 0.4) is 0 Å². The predicted molar refractivity (Wildman–Crippen MR) is 110 cm³/mol. The molecule has 1 atom stereocenters. The highest BCUT2D eigenvalue weighted by Gasteiger charge is 2.35. The van der Waals surface area contributed by atoms with E-state index in [0.29, 0.717) is 18.1 Å². The molecule has 6 nitrogen and oxygen atoms in total. The van der Waals surface area contributed by atoms with Crippen molar-refractivity contribution >= 4 is 0 Å². The molecule has 1 aliphatic heterocycles. The van der Waals surface area contributed by atoms with E-state index in [1.165, 1.54) is 0 Å². The van der Waals surface area contributed by atoms with Gasteiger partial charge in [-0.3, -0.25) is 5.10 Å². The Morgan fingerprint density at radius 2 is 1.93 bits per heavy atom. The second-order valence-electron chi connectivity index (χ2n) is 6.88. The van der Waals surface area contributed by atoms with Gasteiger partial charge in [-0.25, -0.2) is 0 Å². The van der Waals surface area contributed by atoms with Crippen LogP contribution >= 0.6 is 0 Å². The predicted octanol–water partition coefficient (Wildman–Crippen LogP) is 4.47. The Kier molecular flexibility index (Phi) is 5.21. The van der Waals surface area contributed by atoms with Crippen LogP contribution in [0.15, 0.2) is 66.1 Å². The minimum atomic E-state index is -0.373. The molecule has 2 aromatic carbocycles. The molecule has 0 spiro atoms. The molecule has 0 aliphatic carbocycles. The molecule has 0 unspecified atom stereocenters. The zero-order valence-electron chi connectivity index (χ0n) is 16.2. The number of rotatable bonds is 6. The zero-order chi connectivity index (χ0) is 20.2. The largest absolute Gasteiger partial charge is 0.494 e. The average molecular weight is 386 g/mol. The van der Waals surface area contributed by atoms with E-state index in [1.54, 1.807) is 0 Å². The lowest BCUT2D eigenvalue weighted by molar-refractivity contribution is 0.309. The van der Waals surface area contributed by atoms with Crippen LogP contribution in [0.2, 0.25) is 0 Å². The quantitative estimate of drug-likeness (QED) is 0.609. The van der Waals surface area contributed by atoms with Crippen molar-refractivity contribution in [3.63, 3.8) is 0 Å². The Bertz CT molecular complexity index is 1060. The number of nitrogens with two attached hydrogens (primary N) is 1. The van der Waals surface area contributed by atoms with Crippen LogP contribution in [0.5, 0.6) is 11.6 Å². The molecule has 0 bridgehead atoms. The van der Waals surface area contributed by atoms with Crippen LogP contribution < -0.4 is 15.2 Å². The molecule has 0 radical (unpaired) electrons. The van der Waals surface area contributed by atoms with Gasteiger partial charge in [0.15, 0.2) is 0 Å².